The van der Waals surface area contributed by atoms with Crippen molar-refractivity contribution < 1.29 is 14.6 Å². The van der Waals surface area contributed by atoms with Crippen molar-refractivity contribution >= 4 is 22.9 Å². The molecule has 4 atom stereocenters. The fourth-order valence-corrected chi connectivity index (χ4v) is 6.42. The third kappa shape index (κ3) is 4.41. The Balaban J connectivity index is 1.29. The maximum absolute atomic E-state index is 13.6. The highest BCUT2D eigenvalue weighted by Gasteiger charge is 2.32. The van der Waals surface area contributed by atoms with E-state index >= 15 is 0 Å². The molecule has 7 heteroatoms. The number of thiophene rings is 1. The van der Waals surface area contributed by atoms with Crippen molar-refractivity contribution in [2.45, 2.75) is 63.2 Å². The van der Waals surface area contributed by atoms with Gasteiger partial charge in [0.05, 0.1) is 23.2 Å². The molecule has 35 heavy (non-hydrogen) atoms. The second-order valence-electron chi connectivity index (χ2n) is 10.1. The van der Waals surface area contributed by atoms with E-state index in [4.69, 9.17) is 4.74 Å². The fraction of sp³-hybridized carbons (Fsp3) is 0.429. The molecule has 1 radical (unpaired) electrons. The Morgan fingerprint density at radius 3 is 2.86 bits per heavy atom. The molecule has 6 nitrogen and oxygen atoms in total. The summed E-state index contributed by atoms with van der Waals surface area (Å²) >= 11 is 1.50. The van der Waals surface area contributed by atoms with Crippen molar-refractivity contribution in [1.82, 2.24) is 9.97 Å². The highest BCUT2D eigenvalue weighted by molar-refractivity contribution is 7.14. The van der Waals surface area contributed by atoms with E-state index in [1.165, 1.54) is 47.2 Å². The molecule has 2 saturated carbocycles. The molecular formula is C28H30N3O3S. The molecule has 0 unspecified atom stereocenters. The lowest BCUT2D eigenvalue weighted by Crippen LogP contribution is -2.20. The predicted molar refractivity (Wildman–Crippen MR) is 136 cm³/mol. The largest absolute Gasteiger partial charge is 0.393 e. The first-order chi connectivity index (χ1) is 17.0. The molecule has 181 valence electrons. The van der Waals surface area contributed by atoms with E-state index in [0.717, 1.165) is 23.3 Å². The smallest absolute Gasteiger partial charge is 0.208 e. The average Bonchev–Trinajstić information content (AvgIpc) is 3.57. The Morgan fingerprint density at radius 1 is 1.23 bits per heavy atom. The van der Waals surface area contributed by atoms with Gasteiger partial charge in [0.1, 0.15) is 18.2 Å². The number of hydrogen-bond donors (Lipinski definition) is 2. The van der Waals surface area contributed by atoms with E-state index in [0.29, 0.717) is 35.2 Å². The van der Waals surface area contributed by atoms with Gasteiger partial charge in [-0.25, -0.2) is 9.97 Å². The number of nitrogens with one attached hydrogen (secondary N) is 1. The fourth-order valence-electron chi connectivity index (χ4n) is 5.42. The highest BCUT2D eigenvalue weighted by atomic mass is 32.1. The summed E-state index contributed by atoms with van der Waals surface area (Å²) in [7, 11) is 0. The monoisotopic (exact) mass is 488 g/mol. The first kappa shape index (κ1) is 22.8. The van der Waals surface area contributed by atoms with Crippen LogP contribution in [0.4, 0.5) is 5.82 Å². The Bertz CT molecular complexity index is 1260. The average molecular weight is 489 g/mol. The summed E-state index contributed by atoms with van der Waals surface area (Å²) < 4.78 is 6.29. The van der Waals surface area contributed by atoms with Crippen molar-refractivity contribution in [2.75, 3.05) is 11.9 Å². The number of aromatic nitrogens is 2. The Hall–Kier alpha value is -2.61. The van der Waals surface area contributed by atoms with Crippen LogP contribution in [0, 0.1) is 19.8 Å². The van der Waals surface area contributed by atoms with Crippen molar-refractivity contribution in [3.63, 3.8) is 0 Å². The minimum absolute atomic E-state index is 0.0187. The molecule has 1 aliphatic heterocycles. The summed E-state index contributed by atoms with van der Waals surface area (Å²) in [6.07, 6.45) is 7.23. The van der Waals surface area contributed by atoms with Gasteiger partial charge in [-0.1, -0.05) is 18.2 Å². The molecule has 1 aromatic carbocycles. The van der Waals surface area contributed by atoms with Crippen LogP contribution in [0.1, 0.15) is 80.1 Å². The molecule has 2 fully saturated rings. The number of nitrogens with zero attached hydrogens (tertiary/aromatic N) is 2. The molecule has 0 saturated heterocycles. The molecule has 2 N–H and O–H groups in total. The zero-order valence-corrected chi connectivity index (χ0v) is 20.7. The summed E-state index contributed by atoms with van der Waals surface area (Å²) in [5.41, 5.74) is 5.51. The van der Waals surface area contributed by atoms with Gasteiger partial charge in [0, 0.05) is 17.1 Å². The Morgan fingerprint density at radius 2 is 2.09 bits per heavy atom. The van der Waals surface area contributed by atoms with Crippen molar-refractivity contribution in [3.8, 4) is 0 Å². The zero-order valence-electron chi connectivity index (χ0n) is 19.9. The third-order valence-corrected chi connectivity index (χ3v) is 8.64. The maximum Gasteiger partial charge on any atom is 0.208 e. The van der Waals surface area contributed by atoms with E-state index in [9.17, 15) is 9.90 Å². The number of rotatable bonds is 6. The number of aliphatic hydroxyl groups excluding tert-OH is 1. The lowest BCUT2D eigenvalue weighted by Gasteiger charge is -2.27. The number of fused-ring (bicyclic) bond motifs is 1. The Kier molecular flexibility index (Phi) is 5.95. The summed E-state index contributed by atoms with van der Waals surface area (Å²) in [6.45, 7) is 6.75. The molecule has 3 aliphatic rings. The van der Waals surface area contributed by atoms with E-state index in [-0.39, 0.29) is 23.8 Å². The van der Waals surface area contributed by atoms with E-state index < -0.39 is 6.10 Å². The van der Waals surface area contributed by atoms with Gasteiger partial charge in [0.25, 0.3) is 0 Å². The summed E-state index contributed by atoms with van der Waals surface area (Å²) in [5, 5.41) is 13.4. The van der Waals surface area contributed by atoms with Crippen LogP contribution in [-0.2, 0) is 11.2 Å². The van der Waals surface area contributed by atoms with Crippen molar-refractivity contribution in [2.24, 2.45) is 5.92 Å². The summed E-state index contributed by atoms with van der Waals surface area (Å²) in [4.78, 5) is 23.8. The van der Waals surface area contributed by atoms with Gasteiger partial charge in [-0.2, -0.15) is 0 Å². The molecule has 2 aliphatic carbocycles. The van der Waals surface area contributed by atoms with Crippen molar-refractivity contribution in [1.29, 1.82) is 0 Å². The number of benzene rings is 1. The van der Waals surface area contributed by atoms with Crippen LogP contribution >= 0.6 is 11.3 Å². The summed E-state index contributed by atoms with van der Waals surface area (Å²) in [6, 6.07) is 8.89. The highest BCUT2D eigenvalue weighted by Crippen LogP contribution is 2.44. The number of aliphatic hydroxyl groups is 1. The minimum atomic E-state index is -0.435. The zero-order chi connectivity index (χ0) is 24.1. The molecule has 6 rings (SSSR count). The van der Waals surface area contributed by atoms with Gasteiger partial charge in [0.15, 0.2) is 0 Å². The van der Waals surface area contributed by atoms with Crippen LogP contribution in [0.5, 0.6) is 0 Å². The van der Waals surface area contributed by atoms with Gasteiger partial charge in [0.2, 0.25) is 5.78 Å². The number of anilines is 1. The molecule has 3 heterocycles. The number of ketones is 1. The number of ether oxygens (including phenoxy) is 1. The van der Waals surface area contributed by atoms with Gasteiger partial charge >= 0.3 is 0 Å². The van der Waals surface area contributed by atoms with Crippen LogP contribution in [0.25, 0.3) is 0 Å². The van der Waals surface area contributed by atoms with E-state index in [2.05, 4.69) is 47.3 Å². The van der Waals surface area contributed by atoms with Gasteiger partial charge in [-0.05, 0) is 86.1 Å². The van der Waals surface area contributed by atoms with Gasteiger partial charge in [-0.15, -0.1) is 11.3 Å². The first-order valence-corrected chi connectivity index (χ1v) is 13.3. The predicted octanol–water partition coefficient (Wildman–Crippen LogP) is 5.00. The molecule has 0 spiro atoms. The normalized spacial score (nSPS) is 25.9. The number of carbonyl (C=O) groups is 1. The maximum atomic E-state index is 13.6. The lowest BCUT2D eigenvalue weighted by atomic mass is 9.90. The van der Waals surface area contributed by atoms with Crippen LogP contribution in [0.3, 0.4) is 0 Å². The molecule has 2 aromatic heterocycles. The second-order valence-corrected chi connectivity index (χ2v) is 11.4. The SMILES string of the molecule is [CH2][C@@H]1C[C@@H](Nc2ncncc2C(=O)c2cc([C@@H]3OCCc4ccc(C5CC5)cc43)c(C)s2)C[C@@H]1O. The number of aryl methyl sites for hydroxylation is 1. The molecule has 0 bridgehead atoms. The van der Waals surface area contributed by atoms with Crippen molar-refractivity contribution in [3.05, 3.63) is 81.3 Å². The van der Waals surface area contributed by atoms with E-state index in [1.54, 1.807) is 6.20 Å². The quantitative estimate of drug-likeness (QED) is 0.475. The third-order valence-electron chi connectivity index (χ3n) is 7.57. The van der Waals surface area contributed by atoms with Crippen LogP contribution in [0.15, 0.2) is 36.8 Å². The second kappa shape index (κ2) is 9.12. The Labute approximate surface area is 209 Å². The van der Waals surface area contributed by atoms with E-state index in [1.807, 2.05) is 6.07 Å². The van der Waals surface area contributed by atoms with Gasteiger partial charge in [-0.3, -0.25) is 4.79 Å². The van der Waals surface area contributed by atoms with Crippen LogP contribution in [-0.4, -0.2) is 39.6 Å². The van der Waals surface area contributed by atoms with Gasteiger partial charge < -0.3 is 15.2 Å². The van der Waals surface area contributed by atoms with Crippen LogP contribution in [0.2, 0.25) is 0 Å². The number of hydrogen-bond acceptors (Lipinski definition) is 7. The minimum Gasteiger partial charge on any atom is -0.393 e. The first-order valence-electron chi connectivity index (χ1n) is 12.4. The molecular weight excluding hydrogens is 458 g/mol. The molecule has 3 aromatic rings. The summed E-state index contributed by atoms with van der Waals surface area (Å²) in [5.74, 6) is 1.08. The topological polar surface area (TPSA) is 84.3 Å². The number of carbonyl (C=O) groups excluding carboxylic acids is 1. The standard InChI is InChI=1S/C28H30N3O3S/c1-15-9-20(11-24(15)32)31-28-23(13-29-14-30-28)26(33)25-12-21(16(2)35-25)27-22-10-19(17-3-4-17)6-5-18(22)7-8-34-27/h5-6,10,12-15,17,20,24,27,32H,1,3-4,7-9,11H2,2H3,(H,29,30,31)/t15-,20-,24+,27+/m1/s1. The molecule has 0 amide bonds. The lowest BCUT2D eigenvalue weighted by molar-refractivity contribution is 0.0697. The van der Waals surface area contributed by atoms with Crippen LogP contribution < -0.4 is 5.32 Å².